The van der Waals surface area contributed by atoms with E-state index in [9.17, 15) is 4.79 Å². The van der Waals surface area contributed by atoms with Crippen LogP contribution in [0.3, 0.4) is 0 Å². The number of rotatable bonds is 7. The normalized spacial score (nSPS) is 10.8. The molecule has 2 heterocycles. The Morgan fingerprint density at radius 3 is 2.68 bits per heavy atom. The minimum atomic E-state index is -0.163. The molecule has 0 N–H and O–H groups in total. The van der Waals surface area contributed by atoms with Crippen molar-refractivity contribution >= 4 is 17.5 Å². The van der Waals surface area contributed by atoms with Gasteiger partial charge in [-0.15, -0.1) is 0 Å². The molecule has 8 heteroatoms. The quantitative estimate of drug-likeness (QED) is 0.433. The first-order valence-corrected chi connectivity index (χ1v) is 10.1. The summed E-state index contributed by atoms with van der Waals surface area (Å²) in [7, 11) is 1.76. The van der Waals surface area contributed by atoms with Crippen LogP contribution in [-0.2, 0) is 13.3 Å². The Bertz CT molecular complexity index is 1170. The molecular formula is C23H22ClN5O2. The first-order chi connectivity index (χ1) is 15.0. The molecule has 0 saturated heterocycles. The minimum absolute atomic E-state index is 0.162. The van der Waals surface area contributed by atoms with Crippen LogP contribution in [0.1, 0.15) is 21.6 Å². The van der Waals surface area contributed by atoms with E-state index >= 15 is 0 Å². The van der Waals surface area contributed by atoms with Crippen molar-refractivity contribution in [2.24, 2.45) is 0 Å². The maximum atomic E-state index is 12.8. The van der Waals surface area contributed by atoms with Crippen molar-refractivity contribution < 1.29 is 9.53 Å². The van der Waals surface area contributed by atoms with Crippen LogP contribution in [0.5, 0.6) is 5.75 Å². The molecular weight excluding hydrogens is 414 g/mol. The first-order valence-electron chi connectivity index (χ1n) is 9.76. The molecule has 0 aliphatic carbocycles. The lowest BCUT2D eigenvalue weighted by Crippen LogP contribution is -2.26. The summed E-state index contributed by atoms with van der Waals surface area (Å²) < 4.78 is 9.09. The van der Waals surface area contributed by atoms with Gasteiger partial charge < -0.3 is 9.64 Å². The van der Waals surface area contributed by atoms with Gasteiger partial charge in [0.15, 0.2) is 12.4 Å². The maximum absolute atomic E-state index is 12.8. The predicted molar refractivity (Wildman–Crippen MR) is 118 cm³/mol. The summed E-state index contributed by atoms with van der Waals surface area (Å²) in [6.07, 6.45) is 5.33. The zero-order chi connectivity index (χ0) is 21.8. The van der Waals surface area contributed by atoms with E-state index in [2.05, 4.69) is 10.2 Å². The van der Waals surface area contributed by atoms with E-state index in [4.69, 9.17) is 16.3 Å². The second-order valence-electron chi connectivity index (χ2n) is 7.23. The molecule has 2 aromatic heterocycles. The summed E-state index contributed by atoms with van der Waals surface area (Å²) in [5, 5.41) is 9.08. The van der Waals surface area contributed by atoms with Gasteiger partial charge in [0.25, 0.3) is 5.91 Å². The molecule has 0 fully saturated rings. The van der Waals surface area contributed by atoms with Crippen LogP contribution in [0.2, 0.25) is 5.02 Å². The molecule has 0 spiro atoms. The number of ether oxygens (including phenoxy) is 1. The van der Waals surface area contributed by atoms with Gasteiger partial charge in [0.05, 0.1) is 10.7 Å². The molecule has 1 amide bonds. The van der Waals surface area contributed by atoms with E-state index in [1.807, 2.05) is 55.6 Å². The second kappa shape index (κ2) is 9.06. The van der Waals surface area contributed by atoms with Gasteiger partial charge in [-0.05, 0) is 54.4 Å². The number of carbonyl (C=O) groups is 1. The molecule has 0 bridgehead atoms. The van der Waals surface area contributed by atoms with Gasteiger partial charge in [-0.3, -0.25) is 4.79 Å². The van der Waals surface area contributed by atoms with Crippen LogP contribution in [0, 0.1) is 6.92 Å². The Morgan fingerprint density at radius 2 is 1.94 bits per heavy atom. The van der Waals surface area contributed by atoms with Crippen molar-refractivity contribution in [3.05, 3.63) is 95.0 Å². The van der Waals surface area contributed by atoms with Gasteiger partial charge in [0.2, 0.25) is 0 Å². The van der Waals surface area contributed by atoms with E-state index in [0.29, 0.717) is 23.0 Å². The number of hydrogen-bond donors (Lipinski definition) is 0. The fourth-order valence-electron chi connectivity index (χ4n) is 3.12. The average Bonchev–Trinajstić information content (AvgIpc) is 3.47. The fourth-order valence-corrected chi connectivity index (χ4v) is 3.29. The maximum Gasteiger partial charge on any atom is 0.274 e. The van der Waals surface area contributed by atoms with E-state index in [-0.39, 0.29) is 12.6 Å². The van der Waals surface area contributed by atoms with Crippen LogP contribution in [-0.4, -0.2) is 37.4 Å². The third kappa shape index (κ3) is 4.95. The average molecular weight is 436 g/mol. The van der Waals surface area contributed by atoms with Gasteiger partial charge >= 0.3 is 0 Å². The summed E-state index contributed by atoms with van der Waals surface area (Å²) in [5.74, 6) is 0.421. The Morgan fingerprint density at radius 1 is 1.13 bits per heavy atom. The van der Waals surface area contributed by atoms with Gasteiger partial charge in [-0.2, -0.15) is 10.2 Å². The van der Waals surface area contributed by atoms with E-state index in [0.717, 1.165) is 16.8 Å². The zero-order valence-corrected chi connectivity index (χ0v) is 18.0. The number of carbonyl (C=O) groups excluding carboxylic acids is 1. The number of nitrogens with zero attached hydrogens (tertiary/aromatic N) is 5. The molecule has 158 valence electrons. The monoisotopic (exact) mass is 435 g/mol. The van der Waals surface area contributed by atoms with Gasteiger partial charge in [0, 0.05) is 32.2 Å². The molecule has 7 nitrogen and oxygen atoms in total. The zero-order valence-electron chi connectivity index (χ0n) is 17.3. The lowest BCUT2D eigenvalue weighted by Gasteiger charge is -2.16. The Hall–Kier alpha value is -3.58. The second-order valence-corrected chi connectivity index (χ2v) is 7.63. The Balaban J connectivity index is 1.36. The highest BCUT2D eigenvalue weighted by Crippen LogP contribution is 2.25. The first kappa shape index (κ1) is 20.7. The largest absolute Gasteiger partial charge is 0.470 e. The van der Waals surface area contributed by atoms with E-state index < -0.39 is 0 Å². The molecule has 2 aromatic carbocycles. The summed E-state index contributed by atoms with van der Waals surface area (Å²) in [4.78, 5) is 14.4. The smallest absolute Gasteiger partial charge is 0.274 e. The third-order valence-electron chi connectivity index (χ3n) is 4.77. The highest BCUT2D eigenvalue weighted by molar-refractivity contribution is 6.32. The SMILES string of the molecule is Cc1ccc(Cl)c(OCn2ccc(C(=O)N(C)Cc3ccc(-n4cccn4)cc3)n2)c1. The molecule has 0 saturated carbocycles. The highest BCUT2D eigenvalue weighted by atomic mass is 35.5. The van der Waals surface area contributed by atoms with Crippen LogP contribution in [0.4, 0.5) is 0 Å². The minimum Gasteiger partial charge on any atom is -0.470 e. The topological polar surface area (TPSA) is 65.2 Å². The van der Waals surface area contributed by atoms with Crippen molar-refractivity contribution in [3.63, 3.8) is 0 Å². The van der Waals surface area contributed by atoms with Gasteiger partial charge in [-0.25, -0.2) is 9.36 Å². The summed E-state index contributed by atoms with van der Waals surface area (Å²) >= 11 is 6.16. The fraction of sp³-hybridized carbons (Fsp3) is 0.174. The predicted octanol–water partition coefficient (Wildman–Crippen LogP) is 4.34. The molecule has 0 aliphatic rings. The summed E-state index contributed by atoms with van der Waals surface area (Å²) in [6.45, 7) is 2.60. The third-order valence-corrected chi connectivity index (χ3v) is 5.08. The van der Waals surface area contributed by atoms with E-state index in [1.54, 1.807) is 45.8 Å². The number of aryl methyl sites for hydroxylation is 1. The molecule has 0 radical (unpaired) electrons. The molecule has 4 aromatic rings. The van der Waals surface area contributed by atoms with Gasteiger partial charge in [0.1, 0.15) is 5.75 Å². The summed E-state index contributed by atoms with van der Waals surface area (Å²) in [6, 6.07) is 17.1. The van der Waals surface area contributed by atoms with Crippen LogP contribution >= 0.6 is 11.6 Å². The number of halogens is 1. The Labute approximate surface area is 185 Å². The van der Waals surface area contributed by atoms with Crippen LogP contribution in [0.15, 0.2) is 73.2 Å². The van der Waals surface area contributed by atoms with Crippen LogP contribution < -0.4 is 4.74 Å². The highest BCUT2D eigenvalue weighted by Gasteiger charge is 2.15. The molecule has 4 rings (SSSR count). The van der Waals surface area contributed by atoms with Crippen molar-refractivity contribution in [3.8, 4) is 11.4 Å². The molecule has 31 heavy (non-hydrogen) atoms. The molecule has 0 aliphatic heterocycles. The summed E-state index contributed by atoms with van der Waals surface area (Å²) in [5.41, 5.74) is 3.39. The van der Waals surface area contributed by atoms with E-state index in [1.165, 1.54) is 0 Å². The van der Waals surface area contributed by atoms with Crippen LogP contribution in [0.25, 0.3) is 5.69 Å². The van der Waals surface area contributed by atoms with Crippen molar-refractivity contribution in [1.29, 1.82) is 0 Å². The molecule has 0 atom stereocenters. The van der Waals surface area contributed by atoms with Crippen molar-refractivity contribution in [2.75, 3.05) is 7.05 Å². The standard InChI is InChI=1S/C23H22ClN5O2/c1-17-4-9-20(24)22(14-17)31-16-28-13-10-21(26-28)23(30)27(2)15-18-5-7-19(8-6-18)29-12-3-11-25-29/h3-14H,15-16H2,1-2H3. The number of benzene rings is 2. The lowest BCUT2D eigenvalue weighted by atomic mass is 10.2. The number of amides is 1. The number of hydrogen-bond acceptors (Lipinski definition) is 4. The van der Waals surface area contributed by atoms with Crippen molar-refractivity contribution in [1.82, 2.24) is 24.5 Å². The van der Waals surface area contributed by atoms with Gasteiger partial charge in [-0.1, -0.05) is 29.8 Å². The number of aromatic nitrogens is 4. The molecule has 0 unspecified atom stereocenters. The lowest BCUT2D eigenvalue weighted by molar-refractivity contribution is 0.0777. The van der Waals surface area contributed by atoms with Crippen molar-refractivity contribution in [2.45, 2.75) is 20.2 Å². The Kier molecular flexibility index (Phi) is 6.04.